The lowest BCUT2D eigenvalue weighted by Crippen LogP contribution is -2.34. The van der Waals surface area contributed by atoms with Crippen LogP contribution in [0.1, 0.15) is 0 Å². The van der Waals surface area contributed by atoms with Crippen LogP contribution in [0.15, 0.2) is 12.4 Å². The molecular weight excluding hydrogens is 193 g/mol. The number of alkyl halides is 3. The summed E-state index contributed by atoms with van der Waals surface area (Å²) >= 11 is -0.333. The molecule has 0 aromatic carbocycles. The second-order valence-electron chi connectivity index (χ2n) is 2.00. The molecule has 0 spiro atoms. The molecule has 0 bridgehead atoms. The fraction of sp³-hybridized carbons (Fsp3) is 0.400. The Bertz CT molecular complexity index is 215. The number of carbonyl (C=O) groups excluding carboxylic acids is 1. The van der Waals surface area contributed by atoms with Gasteiger partial charge >= 0.3 is 5.51 Å². The van der Waals surface area contributed by atoms with Crippen molar-refractivity contribution in [2.24, 2.45) is 0 Å². The predicted molar refractivity (Wildman–Crippen MR) is 37.6 cm³/mol. The number of nitrogens with one attached hydrogen (secondary N) is 1. The Morgan fingerprint density at radius 3 is 2.75 bits per heavy atom. The molecule has 0 aliphatic carbocycles. The summed E-state index contributed by atoms with van der Waals surface area (Å²) in [4.78, 5) is 10.6. The van der Waals surface area contributed by atoms with E-state index in [4.69, 9.17) is 0 Å². The van der Waals surface area contributed by atoms with E-state index >= 15 is 0 Å². The lowest BCUT2D eigenvalue weighted by Gasteiger charge is -2.21. The van der Waals surface area contributed by atoms with Crippen LogP contribution in [0.25, 0.3) is 0 Å². The van der Waals surface area contributed by atoms with E-state index in [9.17, 15) is 18.0 Å². The van der Waals surface area contributed by atoms with Crippen LogP contribution in [0.2, 0.25) is 0 Å². The molecule has 1 N–H and O–H groups in total. The highest BCUT2D eigenvalue weighted by Gasteiger charge is 2.33. The standard InChI is InChI=1S/C5H5F3N2OS/c6-5(7,8)12-10-2-1-9-4(11)3-10/h1-2H,3H2,(H,9,11). The first-order valence-electron chi connectivity index (χ1n) is 2.96. The lowest BCUT2D eigenvalue weighted by molar-refractivity contribution is -0.120. The third kappa shape index (κ3) is 3.04. The fourth-order valence-electron chi connectivity index (χ4n) is 0.649. The first kappa shape index (κ1) is 9.24. The molecule has 7 heteroatoms. The number of carbonyl (C=O) groups is 1. The minimum absolute atomic E-state index is 0.277. The van der Waals surface area contributed by atoms with Gasteiger partial charge in [0.2, 0.25) is 5.91 Å². The van der Waals surface area contributed by atoms with E-state index in [2.05, 4.69) is 5.32 Å². The molecule has 0 fully saturated rings. The second-order valence-corrected chi connectivity index (χ2v) is 3.11. The zero-order chi connectivity index (χ0) is 9.19. The summed E-state index contributed by atoms with van der Waals surface area (Å²) in [5.41, 5.74) is -4.35. The van der Waals surface area contributed by atoms with Gasteiger partial charge in [-0.3, -0.25) is 4.79 Å². The molecule has 0 unspecified atom stereocenters. The quantitative estimate of drug-likeness (QED) is 0.639. The molecular formula is C5H5F3N2OS. The maximum absolute atomic E-state index is 11.7. The molecule has 1 aliphatic heterocycles. The zero-order valence-electron chi connectivity index (χ0n) is 5.76. The van der Waals surface area contributed by atoms with E-state index in [0.717, 1.165) is 4.31 Å². The Morgan fingerprint density at radius 1 is 1.58 bits per heavy atom. The molecule has 12 heavy (non-hydrogen) atoms. The van der Waals surface area contributed by atoms with Crippen LogP contribution >= 0.6 is 11.9 Å². The van der Waals surface area contributed by atoms with E-state index in [-0.39, 0.29) is 18.5 Å². The van der Waals surface area contributed by atoms with Crippen LogP contribution in [0, 0.1) is 0 Å². The maximum atomic E-state index is 11.7. The van der Waals surface area contributed by atoms with Gasteiger partial charge in [0, 0.05) is 12.4 Å². The molecule has 0 aromatic heterocycles. The smallest absolute Gasteiger partial charge is 0.330 e. The van der Waals surface area contributed by atoms with Crippen LogP contribution in [-0.2, 0) is 4.79 Å². The number of halogens is 3. The Hall–Kier alpha value is -0.850. The van der Waals surface area contributed by atoms with Crippen LogP contribution in [-0.4, -0.2) is 22.3 Å². The molecule has 0 saturated carbocycles. The molecule has 0 atom stereocenters. The first-order valence-corrected chi connectivity index (χ1v) is 3.73. The van der Waals surface area contributed by atoms with Gasteiger partial charge in [0.15, 0.2) is 0 Å². The van der Waals surface area contributed by atoms with Gasteiger partial charge in [0.05, 0.1) is 11.9 Å². The summed E-state index contributed by atoms with van der Waals surface area (Å²) in [7, 11) is 0. The Balaban J connectivity index is 2.48. The summed E-state index contributed by atoms with van der Waals surface area (Å²) in [5.74, 6) is -0.450. The van der Waals surface area contributed by atoms with Gasteiger partial charge in [-0.2, -0.15) is 13.2 Å². The largest absolute Gasteiger partial charge is 0.461 e. The van der Waals surface area contributed by atoms with Gasteiger partial charge < -0.3 is 9.62 Å². The Kier molecular flexibility index (Phi) is 2.51. The van der Waals surface area contributed by atoms with E-state index in [0.29, 0.717) is 0 Å². The molecule has 0 radical (unpaired) electrons. The third-order valence-corrected chi connectivity index (χ3v) is 1.70. The fourth-order valence-corrected chi connectivity index (χ4v) is 1.22. The van der Waals surface area contributed by atoms with Gasteiger partial charge in [-0.05, 0) is 0 Å². The van der Waals surface area contributed by atoms with Crippen LogP contribution in [0.4, 0.5) is 13.2 Å². The Morgan fingerprint density at radius 2 is 2.25 bits per heavy atom. The summed E-state index contributed by atoms with van der Waals surface area (Å²) in [6.07, 6.45) is 2.34. The minimum atomic E-state index is -4.35. The normalized spacial score (nSPS) is 17.9. The molecule has 0 saturated heterocycles. The number of hydrogen-bond acceptors (Lipinski definition) is 3. The van der Waals surface area contributed by atoms with E-state index in [1.54, 1.807) is 0 Å². The summed E-state index contributed by atoms with van der Waals surface area (Å²) in [6, 6.07) is 0. The first-order chi connectivity index (χ1) is 5.47. The molecule has 1 aliphatic rings. The van der Waals surface area contributed by atoms with Crippen molar-refractivity contribution in [1.82, 2.24) is 9.62 Å². The van der Waals surface area contributed by atoms with Crippen molar-refractivity contribution in [1.29, 1.82) is 0 Å². The van der Waals surface area contributed by atoms with Crippen molar-refractivity contribution in [2.75, 3.05) is 6.54 Å². The molecule has 1 rings (SSSR count). The van der Waals surface area contributed by atoms with Gasteiger partial charge in [-0.25, -0.2) is 0 Å². The zero-order valence-corrected chi connectivity index (χ0v) is 6.58. The second kappa shape index (κ2) is 3.26. The summed E-state index contributed by atoms with van der Waals surface area (Å²) < 4.78 is 36.0. The highest BCUT2D eigenvalue weighted by atomic mass is 32.2. The average Bonchev–Trinajstić information content (AvgIpc) is 1.82. The summed E-state index contributed by atoms with van der Waals surface area (Å²) in [6.45, 7) is -0.277. The predicted octanol–water partition coefficient (Wildman–Crippen LogP) is 1.06. The van der Waals surface area contributed by atoms with Crippen molar-refractivity contribution >= 4 is 17.9 Å². The highest BCUT2D eigenvalue weighted by Crippen LogP contribution is 2.33. The molecule has 3 nitrogen and oxygen atoms in total. The van der Waals surface area contributed by atoms with Crippen LogP contribution < -0.4 is 5.32 Å². The van der Waals surface area contributed by atoms with E-state index in [1.165, 1.54) is 12.4 Å². The van der Waals surface area contributed by atoms with Gasteiger partial charge in [-0.1, -0.05) is 0 Å². The minimum Gasteiger partial charge on any atom is -0.330 e. The number of nitrogens with zero attached hydrogens (tertiary/aromatic N) is 1. The SMILES string of the molecule is O=C1CN(SC(F)(F)F)C=CN1. The van der Waals surface area contributed by atoms with Crippen molar-refractivity contribution in [3.05, 3.63) is 12.4 Å². The van der Waals surface area contributed by atoms with Crippen molar-refractivity contribution in [2.45, 2.75) is 5.51 Å². The topological polar surface area (TPSA) is 32.3 Å². The number of hydrogen-bond donors (Lipinski definition) is 1. The van der Waals surface area contributed by atoms with Crippen molar-refractivity contribution < 1.29 is 18.0 Å². The molecule has 0 aromatic rings. The highest BCUT2D eigenvalue weighted by molar-refractivity contribution is 7.98. The Labute approximate surface area is 70.7 Å². The van der Waals surface area contributed by atoms with E-state index in [1.807, 2.05) is 0 Å². The van der Waals surface area contributed by atoms with Crippen molar-refractivity contribution in [3.63, 3.8) is 0 Å². The monoisotopic (exact) mass is 198 g/mol. The van der Waals surface area contributed by atoms with Gasteiger partial charge in [0.1, 0.15) is 6.54 Å². The van der Waals surface area contributed by atoms with Crippen molar-refractivity contribution in [3.8, 4) is 0 Å². The van der Waals surface area contributed by atoms with Gasteiger partial charge in [0.25, 0.3) is 0 Å². The lowest BCUT2D eigenvalue weighted by atomic mass is 10.5. The maximum Gasteiger partial charge on any atom is 0.461 e. The average molecular weight is 198 g/mol. The molecule has 1 amide bonds. The number of amides is 1. The van der Waals surface area contributed by atoms with Crippen LogP contribution in [0.5, 0.6) is 0 Å². The molecule has 68 valence electrons. The van der Waals surface area contributed by atoms with Gasteiger partial charge in [-0.15, -0.1) is 0 Å². The van der Waals surface area contributed by atoms with Crippen LogP contribution in [0.3, 0.4) is 0 Å². The number of rotatable bonds is 1. The molecule has 1 heterocycles. The third-order valence-electron chi connectivity index (χ3n) is 1.01. The summed E-state index contributed by atoms with van der Waals surface area (Å²) in [5, 5.41) is 2.26. The van der Waals surface area contributed by atoms with E-state index < -0.39 is 11.4 Å².